The minimum Gasteiger partial charge on any atom is -0.444 e. The highest BCUT2D eigenvalue weighted by atomic mass is 32.2. The Kier molecular flexibility index (Phi) is 9.29. The van der Waals surface area contributed by atoms with Gasteiger partial charge in [0.2, 0.25) is 15.9 Å². The summed E-state index contributed by atoms with van der Waals surface area (Å²) in [5.74, 6) is -0.893. The van der Waals surface area contributed by atoms with Crippen molar-refractivity contribution < 1.29 is 49.4 Å². The van der Waals surface area contributed by atoms with Crippen LogP contribution in [0, 0.1) is 0 Å². The molecule has 1 heterocycles. The van der Waals surface area contributed by atoms with Crippen molar-refractivity contribution in [3.05, 3.63) is 59.7 Å². The van der Waals surface area contributed by atoms with E-state index in [2.05, 4.69) is 10.1 Å². The number of piperazine rings is 1. The van der Waals surface area contributed by atoms with Crippen LogP contribution in [0.25, 0.3) is 0 Å². The third-order valence-electron chi connectivity index (χ3n) is 5.69. The first-order chi connectivity index (χ1) is 18.5. The maximum Gasteiger partial charge on any atom is 0.416 e. The highest BCUT2D eigenvalue weighted by molar-refractivity contribution is 7.89. The second kappa shape index (κ2) is 12.0. The predicted molar refractivity (Wildman–Crippen MR) is 132 cm³/mol. The number of nitrogens with one attached hydrogen (secondary N) is 1. The van der Waals surface area contributed by atoms with Gasteiger partial charge in [-0.15, -0.1) is 0 Å². The van der Waals surface area contributed by atoms with Crippen LogP contribution in [-0.2, 0) is 32.3 Å². The van der Waals surface area contributed by atoms with Crippen LogP contribution in [0.15, 0.2) is 53.4 Å². The molecule has 9 nitrogen and oxygen atoms in total. The molecule has 0 aliphatic carbocycles. The van der Waals surface area contributed by atoms with E-state index in [9.17, 15) is 40.0 Å². The van der Waals surface area contributed by atoms with Gasteiger partial charge in [-0.3, -0.25) is 4.79 Å². The van der Waals surface area contributed by atoms with Crippen LogP contribution in [0.5, 0.6) is 5.75 Å². The van der Waals surface area contributed by atoms with Gasteiger partial charge in [0.15, 0.2) is 0 Å². The molecule has 2 aromatic carbocycles. The number of benzene rings is 2. The van der Waals surface area contributed by atoms with Gasteiger partial charge in [0, 0.05) is 26.2 Å². The molecular formula is C25H28F5N3O6S. The van der Waals surface area contributed by atoms with Crippen molar-refractivity contribution in [1.82, 2.24) is 14.5 Å². The molecule has 2 amide bonds. The van der Waals surface area contributed by atoms with Crippen molar-refractivity contribution in [2.24, 2.45) is 0 Å². The number of nitrogens with zero attached hydrogens (tertiary/aromatic N) is 2. The summed E-state index contributed by atoms with van der Waals surface area (Å²) in [6, 6.07) is 6.77. The first-order valence-corrected chi connectivity index (χ1v) is 13.4. The number of carbonyl (C=O) groups is 2. The van der Waals surface area contributed by atoms with Gasteiger partial charge in [0.05, 0.1) is 10.5 Å². The third-order valence-corrected chi connectivity index (χ3v) is 7.61. The maximum absolute atomic E-state index is 13.4. The highest BCUT2D eigenvalue weighted by Crippen LogP contribution is 2.31. The number of halogens is 5. The van der Waals surface area contributed by atoms with E-state index in [1.807, 2.05) is 0 Å². The van der Waals surface area contributed by atoms with Gasteiger partial charge in [-0.2, -0.15) is 26.3 Å². The zero-order chi connectivity index (χ0) is 29.9. The number of rotatable bonds is 7. The number of amides is 2. The van der Waals surface area contributed by atoms with Gasteiger partial charge in [0.1, 0.15) is 17.4 Å². The Morgan fingerprint density at radius 1 is 1.00 bits per heavy atom. The van der Waals surface area contributed by atoms with Crippen LogP contribution in [0.4, 0.5) is 26.7 Å². The Hall–Kier alpha value is -3.46. The first kappa shape index (κ1) is 31.1. The van der Waals surface area contributed by atoms with Crippen molar-refractivity contribution in [2.75, 3.05) is 19.6 Å². The number of alkyl halides is 5. The van der Waals surface area contributed by atoms with Crippen LogP contribution in [0.2, 0.25) is 0 Å². The lowest BCUT2D eigenvalue weighted by Gasteiger charge is -2.39. The van der Waals surface area contributed by atoms with E-state index in [1.54, 1.807) is 20.8 Å². The normalized spacial score (nSPS) is 17.0. The van der Waals surface area contributed by atoms with E-state index in [0.29, 0.717) is 17.7 Å². The third kappa shape index (κ3) is 8.03. The topological polar surface area (TPSA) is 105 Å². The fourth-order valence-electron chi connectivity index (χ4n) is 3.81. The van der Waals surface area contributed by atoms with Crippen LogP contribution < -0.4 is 10.1 Å². The molecule has 40 heavy (non-hydrogen) atoms. The van der Waals surface area contributed by atoms with E-state index < -0.39 is 56.9 Å². The summed E-state index contributed by atoms with van der Waals surface area (Å²) in [4.78, 5) is 26.6. The summed E-state index contributed by atoms with van der Waals surface area (Å²) in [5.41, 5.74) is -1.43. The van der Waals surface area contributed by atoms with Crippen molar-refractivity contribution in [1.29, 1.82) is 0 Å². The lowest BCUT2D eigenvalue weighted by atomic mass is 10.1. The summed E-state index contributed by atoms with van der Waals surface area (Å²) in [7, 11) is -4.46. The van der Waals surface area contributed by atoms with Gasteiger partial charge < -0.3 is 19.7 Å². The smallest absolute Gasteiger partial charge is 0.416 e. The van der Waals surface area contributed by atoms with Crippen molar-refractivity contribution in [3.63, 3.8) is 0 Å². The van der Waals surface area contributed by atoms with E-state index in [4.69, 9.17) is 4.74 Å². The molecule has 0 spiro atoms. The largest absolute Gasteiger partial charge is 0.444 e. The van der Waals surface area contributed by atoms with E-state index in [0.717, 1.165) is 16.4 Å². The van der Waals surface area contributed by atoms with Gasteiger partial charge in [-0.1, -0.05) is 12.1 Å². The number of hydrogen-bond acceptors (Lipinski definition) is 6. The van der Waals surface area contributed by atoms with Crippen LogP contribution >= 0.6 is 0 Å². The quantitative estimate of drug-likeness (QED) is 0.482. The number of ether oxygens (including phenoxy) is 2. The Morgan fingerprint density at radius 3 is 2.12 bits per heavy atom. The molecule has 0 radical (unpaired) electrons. The molecule has 220 valence electrons. The van der Waals surface area contributed by atoms with E-state index in [-0.39, 0.29) is 31.9 Å². The SMILES string of the molecule is CC(C)(C)OC(=O)N1CCN(S(=O)(=O)c2ccc(C(F)(F)F)cc2)C(C(=O)NCc2ccc(OC(F)F)cc2)C1. The van der Waals surface area contributed by atoms with Crippen molar-refractivity contribution in [2.45, 2.75) is 56.6 Å². The van der Waals surface area contributed by atoms with E-state index in [1.165, 1.54) is 29.2 Å². The minimum absolute atomic E-state index is 0.0980. The van der Waals surface area contributed by atoms with Gasteiger partial charge in [-0.25, -0.2) is 13.2 Å². The lowest BCUT2D eigenvalue weighted by molar-refractivity contribution is -0.137. The summed E-state index contributed by atoms with van der Waals surface area (Å²) < 4.78 is 101. The minimum atomic E-state index is -4.67. The molecule has 0 bridgehead atoms. The number of hydrogen-bond donors (Lipinski definition) is 1. The molecule has 3 rings (SSSR count). The zero-order valence-electron chi connectivity index (χ0n) is 21.7. The molecule has 1 atom stereocenters. The average molecular weight is 594 g/mol. The molecule has 15 heteroatoms. The molecule has 2 aromatic rings. The monoisotopic (exact) mass is 593 g/mol. The fraction of sp³-hybridized carbons (Fsp3) is 0.440. The van der Waals surface area contributed by atoms with Crippen molar-refractivity contribution in [3.8, 4) is 5.75 Å². The maximum atomic E-state index is 13.4. The first-order valence-electron chi connectivity index (χ1n) is 12.0. The molecule has 1 N–H and O–H groups in total. The Labute approximate surface area is 227 Å². The standard InChI is InChI=1S/C25H28F5N3O6S/c1-24(2,3)39-23(35)32-12-13-33(40(36,37)19-10-6-17(7-11-19)25(28,29)30)20(15-32)21(34)31-14-16-4-8-18(9-5-16)38-22(26)27/h4-11,20,22H,12-15H2,1-3H3,(H,31,34). The second-order valence-electron chi connectivity index (χ2n) is 9.82. The Morgan fingerprint density at radius 2 is 1.60 bits per heavy atom. The molecule has 0 aromatic heterocycles. The van der Waals surface area contributed by atoms with Crippen LogP contribution in [-0.4, -0.2) is 67.5 Å². The fourth-order valence-corrected chi connectivity index (χ4v) is 5.38. The second-order valence-corrected chi connectivity index (χ2v) is 11.7. The summed E-state index contributed by atoms with van der Waals surface area (Å²) >= 11 is 0. The predicted octanol–water partition coefficient (Wildman–Crippen LogP) is 4.23. The van der Waals surface area contributed by atoms with Gasteiger partial charge in [-0.05, 0) is 62.7 Å². The van der Waals surface area contributed by atoms with Gasteiger partial charge in [0.25, 0.3) is 0 Å². The Bertz CT molecular complexity index is 1300. The number of sulfonamides is 1. The molecule has 1 aliphatic heterocycles. The highest BCUT2D eigenvalue weighted by Gasteiger charge is 2.42. The zero-order valence-corrected chi connectivity index (χ0v) is 22.6. The molecular weight excluding hydrogens is 565 g/mol. The van der Waals surface area contributed by atoms with E-state index >= 15 is 0 Å². The number of carbonyl (C=O) groups excluding carboxylic acids is 2. The molecule has 1 unspecified atom stereocenters. The molecule has 0 saturated carbocycles. The summed E-state index contributed by atoms with van der Waals surface area (Å²) in [6.45, 7) is 0.924. The average Bonchev–Trinajstić information content (AvgIpc) is 2.86. The summed E-state index contributed by atoms with van der Waals surface area (Å²) in [5, 5.41) is 2.56. The lowest BCUT2D eigenvalue weighted by Crippen LogP contribution is -2.61. The summed E-state index contributed by atoms with van der Waals surface area (Å²) in [6.07, 6.45) is -5.44. The molecule has 1 fully saturated rings. The van der Waals surface area contributed by atoms with Crippen LogP contribution in [0.1, 0.15) is 31.9 Å². The Balaban J connectivity index is 1.83. The molecule has 1 saturated heterocycles. The van der Waals surface area contributed by atoms with Crippen LogP contribution in [0.3, 0.4) is 0 Å². The molecule has 1 aliphatic rings. The van der Waals surface area contributed by atoms with Gasteiger partial charge >= 0.3 is 18.9 Å². The van der Waals surface area contributed by atoms with Crippen molar-refractivity contribution >= 4 is 22.0 Å².